The number of ether oxygens (including phenoxy) is 1. The number of esters is 1. The van der Waals surface area contributed by atoms with Gasteiger partial charge in [-0.1, -0.05) is 52.8 Å². The van der Waals surface area contributed by atoms with E-state index in [0.29, 0.717) is 10.5 Å². The van der Waals surface area contributed by atoms with E-state index in [4.69, 9.17) is 9.15 Å². The van der Waals surface area contributed by atoms with Crippen molar-refractivity contribution in [2.45, 2.75) is 16.7 Å². The zero-order chi connectivity index (χ0) is 24.8. The van der Waals surface area contributed by atoms with E-state index in [1.54, 1.807) is 24.3 Å². The third kappa shape index (κ3) is 6.09. The maximum Gasteiger partial charge on any atom is 0.338 e. The van der Waals surface area contributed by atoms with Gasteiger partial charge in [0.1, 0.15) is 0 Å². The number of rotatable bonds is 8. The predicted molar refractivity (Wildman–Crippen MR) is 127 cm³/mol. The summed E-state index contributed by atoms with van der Waals surface area (Å²) in [5.41, 5.74) is 1.45. The van der Waals surface area contributed by atoms with Gasteiger partial charge in [0, 0.05) is 16.5 Å². The molecule has 4 aromatic rings. The first-order valence-electron chi connectivity index (χ1n) is 10.3. The Morgan fingerprint density at radius 2 is 1.80 bits per heavy atom. The molecule has 0 radical (unpaired) electrons. The molecule has 0 aliphatic heterocycles. The average Bonchev–Trinajstić information content (AvgIpc) is 3.33. The number of carbonyl (C=O) groups is 2. The zero-order valence-corrected chi connectivity index (χ0v) is 19.2. The van der Waals surface area contributed by atoms with Crippen LogP contribution in [0.2, 0.25) is 0 Å². The minimum Gasteiger partial charge on any atom is -0.452 e. The van der Waals surface area contributed by atoms with Gasteiger partial charge in [0.2, 0.25) is 5.89 Å². The molecule has 0 saturated heterocycles. The van der Waals surface area contributed by atoms with Crippen molar-refractivity contribution in [2.24, 2.45) is 0 Å². The van der Waals surface area contributed by atoms with Crippen LogP contribution in [0.4, 0.5) is 11.7 Å². The number of nitro benzene ring substituents is 1. The predicted octanol–water partition coefficient (Wildman–Crippen LogP) is 4.90. The summed E-state index contributed by atoms with van der Waals surface area (Å²) in [6, 6.07) is 20.4. The van der Waals surface area contributed by atoms with Crippen molar-refractivity contribution < 1.29 is 23.7 Å². The van der Waals surface area contributed by atoms with Crippen LogP contribution in [0.25, 0.3) is 11.5 Å². The molecular weight excluding hydrogens is 472 g/mol. The van der Waals surface area contributed by atoms with Crippen LogP contribution >= 0.6 is 11.8 Å². The van der Waals surface area contributed by atoms with Gasteiger partial charge in [-0.05, 0) is 43.3 Å². The monoisotopic (exact) mass is 490 g/mol. The molecule has 0 aliphatic rings. The lowest BCUT2D eigenvalue weighted by atomic mass is 10.2. The van der Waals surface area contributed by atoms with Crippen molar-refractivity contribution in [1.29, 1.82) is 0 Å². The first-order valence-corrected chi connectivity index (χ1v) is 11.1. The first-order chi connectivity index (χ1) is 16.9. The van der Waals surface area contributed by atoms with Gasteiger partial charge in [0.25, 0.3) is 11.6 Å². The Kier molecular flexibility index (Phi) is 7.17. The lowest BCUT2D eigenvalue weighted by molar-refractivity contribution is -0.387. The number of aromatic nitrogens is 2. The van der Waals surface area contributed by atoms with E-state index in [1.165, 1.54) is 23.9 Å². The smallest absolute Gasteiger partial charge is 0.338 e. The van der Waals surface area contributed by atoms with Crippen LogP contribution in [0.1, 0.15) is 15.9 Å². The molecule has 10 nitrogen and oxygen atoms in total. The van der Waals surface area contributed by atoms with E-state index in [1.807, 2.05) is 37.3 Å². The Balaban J connectivity index is 1.37. The van der Waals surface area contributed by atoms with Gasteiger partial charge in [0.05, 0.1) is 15.4 Å². The molecule has 0 atom stereocenters. The Bertz CT molecular complexity index is 1370. The van der Waals surface area contributed by atoms with Gasteiger partial charge >= 0.3 is 12.0 Å². The lowest BCUT2D eigenvalue weighted by Crippen LogP contribution is -2.21. The van der Waals surface area contributed by atoms with Gasteiger partial charge in [-0.3, -0.25) is 20.2 Å². The first kappa shape index (κ1) is 23.6. The van der Waals surface area contributed by atoms with Crippen LogP contribution in [0, 0.1) is 17.0 Å². The molecular formula is C24H18N4O6S. The van der Waals surface area contributed by atoms with Gasteiger partial charge in [-0.15, -0.1) is 5.10 Å². The molecule has 0 aliphatic carbocycles. The van der Waals surface area contributed by atoms with Crippen molar-refractivity contribution in [1.82, 2.24) is 10.2 Å². The second-order valence-electron chi connectivity index (χ2n) is 7.26. The number of hydrogen-bond acceptors (Lipinski definition) is 9. The quantitative estimate of drug-likeness (QED) is 0.208. The fraction of sp³-hybridized carbons (Fsp3) is 0.0833. The molecule has 3 aromatic carbocycles. The Morgan fingerprint density at radius 3 is 2.51 bits per heavy atom. The zero-order valence-electron chi connectivity index (χ0n) is 18.3. The van der Waals surface area contributed by atoms with Crippen molar-refractivity contribution in [3.8, 4) is 11.5 Å². The molecule has 0 unspecified atom stereocenters. The number of anilines is 1. The van der Waals surface area contributed by atoms with Crippen LogP contribution in [-0.4, -0.2) is 33.6 Å². The number of nitrogens with one attached hydrogen (secondary N) is 1. The fourth-order valence-corrected chi connectivity index (χ4v) is 3.85. The van der Waals surface area contributed by atoms with Gasteiger partial charge < -0.3 is 9.15 Å². The summed E-state index contributed by atoms with van der Waals surface area (Å²) in [6.07, 6.45) is 0. The molecule has 1 heterocycles. The number of carbonyl (C=O) groups excluding carboxylic acids is 2. The standard InChI is InChI=1S/C24H18N4O6S/c1-15-7-10-18(11-8-15)35-20-12-9-17(13-19(20)28(31)32)23(30)33-14-21(29)25-24-27-26-22(34-24)16-5-3-2-4-6-16/h2-13H,14H2,1H3,(H,25,27,29). The SMILES string of the molecule is Cc1ccc(Sc2ccc(C(=O)OCC(=O)Nc3nnc(-c4ccccc4)o3)cc2[N+](=O)[O-])cc1. The van der Waals surface area contributed by atoms with E-state index in [0.717, 1.165) is 16.5 Å². The van der Waals surface area contributed by atoms with Crippen LogP contribution in [0.3, 0.4) is 0 Å². The number of nitrogens with zero attached hydrogens (tertiary/aromatic N) is 3. The number of amides is 1. The van der Waals surface area contributed by atoms with E-state index < -0.39 is 23.4 Å². The van der Waals surface area contributed by atoms with E-state index in [-0.39, 0.29) is 23.2 Å². The van der Waals surface area contributed by atoms with Crippen molar-refractivity contribution >= 4 is 35.3 Å². The highest BCUT2D eigenvalue weighted by Crippen LogP contribution is 2.35. The van der Waals surface area contributed by atoms with Crippen LogP contribution in [-0.2, 0) is 9.53 Å². The molecule has 35 heavy (non-hydrogen) atoms. The Hall–Kier alpha value is -4.51. The van der Waals surface area contributed by atoms with Crippen molar-refractivity contribution in [3.05, 3.63) is 94.0 Å². The maximum absolute atomic E-state index is 12.4. The summed E-state index contributed by atoms with van der Waals surface area (Å²) in [6.45, 7) is 1.30. The summed E-state index contributed by atoms with van der Waals surface area (Å²) in [5, 5.41) is 21.5. The molecule has 0 saturated carbocycles. The highest BCUT2D eigenvalue weighted by atomic mass is 32.2. The van der Waals surface area contributed by atoms with Gasteiger partial charge in [0.15, 0.2) is 6.61 Å². The molecule has 1 aromatic heterocycles. The summed E-state index contributed by atoms with van der Waals surface area (Å²) in [5.74, 6) is -1.37. The summed E-state index contributed by atoms with van der Waals surface area (Å²) < 4.78 is 10.4. The fourth-order valence-electron chi connectivity index (χ4n) is 2.95. The van der Waals surface area contributed by atoms with Crippen LogP contribution in [0.15, 0.2) is 87.0 Å². The molecule has 4 rings (SSSR count). The molecule has 1 N–H and O–H groups in total. The number of hydrogen-bond donors (Lipinski definition) is 1. The molecule has 1 amide bonds. The average molecular weight is 490 g/mol. The normalized spacial score (nSPS) is 10.5. The van der Waals surface area contributed by atoms with Crippen LogP contribution in [0.5, 0.6) is 0 Å². The topological polar surface area (TPSA) is 137 Å². The minimum atomic E-state index is -0.884. The molecule has 0 bridgehead atoms. The lowest BCUT2D eigenvalue weighted by Gasteiger charge is -2.07. The summed E-state index contributed by atoms with van der Waals surface area (Å²) >= 11 is 1.21. The summed E-state index contributed by atoms with van der Waals surface area (Å²) in [7, 11) is 0. The molecule has 11 heteroatoms. The highest BCUT2D eigenvalue weighted by molar-refractivity contribution is 7.99. The maximum atomic E-state index is 12.4. The second kappa shape index (κ2) is 10.6. The van der Waals surface area contributed by atoms with Crippen molar-refractivity contribution in [2.75, 3.05) is 11.9 Å². The Morgan fingerprint density at radius 1 is 1.06 bits per heavy atom. The van der Waals surface area contributed by atoms with Crippen molar-refractivity contribution in [3.63, 3.8) is 0 Å². The molecule has 176 valence electrons. The number of nitro groups is 1. The van der Waals surface area contributed by atoms with E-state index in [2.05, 4.69) is 15.5 Å². The third-order valence-corrected chi connectivity index (χ3v) is 5.74. The second-order valence-corrected chi connectivity index (χ2v) is 8.37. The van der Waals surface area contributed by atoms with E-state index in [9.17, 15) is 19.7 Å². The van der Waals surface area contributed by atoms with Gasteiger partial charge in [-0.25, -0.2) is 4.79 Å². The van der Waals surface area contributed by atoms with E-state index >= 15 is 0 Å². The molecule has 0 fully saturated rings. The number of benzene rings is 3. The number of aryl methyl sites for hydroxylation is 1. The Labute approximate surface area is 203 Å². The highest BCUT2D eigenvalue weighted by Gasteiger charge is 2.20. The third-order valence-electron chi connectivity index (χ3n) is 4.67. The largest absolute Gasteiger partial charge is 0.452 e. The molecule has 0 spiro atoms. The summed E-state index contributed by atoms with van der Waals surface area (Å²) in [4.78, 5) is 36.7. The van der Waals surface area contributed by atoms with Crippen LogP contribution < -0.4 is 5.32 Å². The van der Waals surface area contributed by atoms with Gasteiger partial charge in [-0.2, -0.15) is 0 Å². The minimum absolute atomic E-state index is 0.0538.